The predicted octanol–water partition coefficient (Wildman–Crippen LogP) is 1.85. The first-order valence-electron chi connectivity index (χ1n) is 10.4. The zero-order chi connectivity index (χ0) is 22.3. The minimum absolute atomic E-state index is 0.00382. The lowest BCUT2D eigenvalue weighted by molar-refractivity contribution is 0.229. The van der Waals surface area contributed by atoms with E-state index >= 15 is 0 Å². The van der Waals surface area contributed by atoms with Crippen molar-refractivity contribution in [3.63, 3.8) is 0 Å². The van der Waals surface area contributed by atoms with Gasteiger partial charge in [0.1, 0.15) is 23.3 Å². The molecule has 2 aliphatic heterocycles. The highest BCUT2D eigenvalue weighted by atomic mass is 19.1. The Hall–Kier alpha value is -3.60. The molecule has 4 heterocycles. The third kappa shape index (κ3) is 3.64. The van der Waals surface area contributed by atoms with Crippen LogP contribution in [0.15, 0.2) is 47.1 Å². The lowest BCUT2D eigenvalue weighted by Gasteiger charge is -2.38. The number of hydrogen-bond acceptors (Lipinski definition) is 8. The maximum absolute atomic E-state index is 14.1. The molecule has 2 aromatic heterocycles. The van der Waals surface area contributed by atoms with Crippen LogP contribution in [0.3, 0.4) is 0 Å². The van der Waals surface area contributed by atoms with Gasteiger partial charge in [0.05, 0.1) is 12.0 Å². The molecule has 0 radical (unpaired) electrons. The minimum atomic E-state index is -0.762. The number of nitrogens with zero attached hydrogens (tertiary/aromatic N) is 4. The number of nitrogens with two attached hydrogens (primary N) is 1. The van der Waals surface area contributed by atoms with Gasteiger partial charge >= 0.3 is 0 Å². The minimum Gasteiger partial charge on any atom is -0.465 e. The molecule has 32 heavy (non-hydrogen) atoms. The molecule has 2 aliphatic rings. The van der Waals surface area contributed by atoms with Gasteiger partial charge in [0.2, 0.25) is 5.62 Å². The predicted molar refractivity (Wildman–Crippen MR) is 115 cm³/mol. The number of hydrogen-bond donors (Lipinski definition) is 4. The Morgan fingerprint density at radius 1 is 1.16 bits per heavy atom. The summed E-state index contributed by atoms with van der Waals surface area (Å²) in [7, 11) is 0. The molecule has 1 saturated heterocycles. The number of rotatable bonds is 5. The quantitative estimate of drug-likeness (QED) is 0.477. The molecule has 1 atom stereocenters. The van der Waals surface area contributed by atoms with Crippen LogP contribution in [-0.2, 0) is 5.66 Å². The number of anilines is 3. The Bertz CT molecular complexity index is 1170. The smallest absolute Gasteiger partial charge is 0.244 e. The van der Waals surface area contributed by atoms with Crippen LogP contribution >= 0.6 is 0 Å². The van der Waals surface area contributed by atoms with Crippen molar-refractivity contribution >= 4 is 17.3 Å². The van der Waals surface area contributed by atoms with Gasteiger partial charge in [-0.1, -0.05) is 0 Å². The molecule has 1 fully saturated rings. The van der Waals surface area contributed by atoms with Gasteiger partial charge in [0.15, 0.2) is 11.4 Å². The SMILES string of the molecule is N=c1nc(N)cc2n1NC(CCN1CCN(c3ccc(F)cc3F)CC1)(c1ccco1)N2. The van der Waals surface area contributed by atoms with E-state index in [2.05, 4.69) is 20.6 Å². The van der Waals surface area contributed by atoms with E-state index in [1.54, 1.807) is 17.0 Å². The lowest BCUT2D eigenvalue weighted by atomic mass is 10.0. The average Bonchev–Trinajstić information content (AvgIpc) is 3.42. The summed E-state index contributed by atoms with van der Waals surface area (Å²) in [5.74, 6) is 0.469. The van der Waals surface area contributed by atoms with E-state index in [1.165, 1.54) is 12.1 Å². The number of benzene rings is 1. The molecule has 1 unspecified atom stereocenters. The average molecular weight is 442 g/mol. The van der Waals surface area contributed by atoms with Crippen LogP contribution in [0, 0.1) is 17.0 Å². The van der Waals surface area contributed by atoms with E-state index in [1.807, 2.05) is 17.0 Å². The van der Waals surface area contributed by atoms with Gasteiger partial charge in [0, 0.05) is 51.3 Å². The zero-order valence-electron chi connectivity index (χ0n) is 17.3. The van der Waals surface area contributed by atoms with E-state index in [-0.39, 0.29) is 11.4 Å². The third-order valence-corrected chi connectivity index (χ3v) is 5.98. The highest BCUT2D eigenvalue weighted by Gasteiger charge is 2.41. The Kier molecular flexibility index (Phi) is 4.97. The Morgan fingerprint density at radius 3 is 2.69 bits per heavy atom. The maximum Gasteiger partial charge on any atom is 0.244 e. The van der Waals surface area contributed by atoms with Gasteiger partial charge in [-0.3, -0.25) is 15.7 Å². The molecule has 0 spiro atoms. The number of piperazine rings is 1. The fourth-order valence-corrected chi connectivity index (χ4v) is 4.32. The van der Waals surface area contributed by atoms with Crippen LogP contribution in [-0.4, -0.2) is 47.3 Å². The van der Waals surface area contributed by atoms with E-state index in [0.29, 0.717) is 36.8 Å². The second-order valence-electron chi connectivity index (χ2n) is 8.02. The number of nitrogens with one attached hydrogen (secondary N) is 3. The molecule has 0 saturated carbocycles. The molecule has 11 heteroatoms. The van der Waals surface area contributed by atoms with Crippen molar-refractivity contribution in [1.82, 2.24) is 14.6 Å². The van der Waals surface area contributed by atoms with Crippen LogP contribution in [0.4, 0.5) is 26.1 Å². The molecular formula is C21H24F2N8O. The number of nitrogen functional groups attached to an aromatic ring is 1. The summed E-state index contributed by atoms with van der Waals surface area (Å²) in [5, 5.41) is 11.5. The topological polar surface area (TPSA) is 111 Å². The number of halogens is 2. The highest BCUT2D eigenvalue weighted by molar-refractivity contribution is 5.53. The zero-order valence-corrected chi connectivity index (χ0v) is 17.3. The Labute approximate surface area is 182 Å². The van der Waals surface area contributed by atoms with Crippen LogP contribution in [0.5, 0.6) is 0 Å². The number of fused-ring (bicyclic) bond motifs is 1. The van der Waals surface area contributed by atoms with E-state index < -0.39 is 17.3 Å². The second kappa shape index (κ2) is 7.83. The first kappa shape index (κ1) is 20.3. The standard InChI is InChI=1S/C21H24F2N8O/c22-14-3-4-16(15(23)12-14)30-9-7-29(8-10-30)6-5-21(17-2-1-11-32-17)27-19-13-18(24)26-20(25)31(19)28-21/h1-4,11-13,27-28H,5-10H2,(H3,24,25,26). The monoisotopic (exact) mass is 442 g/mol. The lowest BCUT2D eigenvalue weighted by Crippen LogP contribution is -2.50. The normalized spacial score (nSPS) is 20.6. The molecule has 1 aromatic carbocycles. The Balaban J connectivity index is 1.28. The summed E-state index contributed by atoms with van der Waals surface area (Å²) in [6.45, 7) is 3.49. The molecule has 9 nitrogen and oxygen atoms in total. The fraction of sp³-hybridized carbons (Fsp3) is 0.333. The van der Waals surface area contributed by atoms with Crippen LogP contribution in [0.1, 0.15) is 12.2 Å². The van der Waals surface area contributed by atoms with Crippen molar-refractivity contribution in [1.29, 1.82) is 5.41 Å². The van der Waals surface area contributed by atoms with E-state index in [9.17, 15) is 8.78 Å². The van der Waals surface area contributed by atoms with Crippen LogP contribution in [0.25, 0.3) is 0 Å². The van der Waals surface area contributed by atoms with Crippen molar-refractivity contribution in [3.05, 3.63) is 65.7 Å². The van der Waals surface area contributed by atoms with E-state index in [0.717, 1.165) is 25.7 Å². The molecule has 168 valence electrons. The molecule has 5 rings (SSSR count). The van der Waals surface area contributed by atoms with Gasteiger partial charge < -0.3 is 20.4 Å². The number of furan rings is 1. The largest absolute Gasteiger partial charge is 0.465 e. The summed E-state index contributed by atoms with van der Waals surface area (Å²) < 4.78 is 34.6. The molecule has 0 bridgehead atoms. The Morgan fingerprint density at radius 2 is 1.97 bits per heavy atom. The summed E-state index contributed by atoms with van der Waals surface area (Å²) in [6, 6.07) is 9.06. The van der Waals surface area contributed by atoms with Gasteiger partial charge in [-0.2, -0.15) is 4.98 Å². The van der Waals surface area contributed by atoms with Gasteiger partial charge in [0.25, 0.3) is 0 Å². The molecule has 5 N–H and O–H groups in total. The van der Waals surface area contributed by atoms with E-state index in [4.69, 9.17) is 15.6 Å². The van der Waals surface area contributed by atoms with Crippen molar-refractivity contribution in [3.8, 4) is 0 Å². The molecule has 0 aliphatic carbocycles. The van der Waals surface area contributed by atoms with Crippen LogP contribution < -0.4 is 27.0 Å². The first-order valence-corrected chi connectivity index (χ1v) is 10.4. The van der Waals surface area contributed by atoms with Crippen molar-refractivity contribution < 1.29 is 13.2 Å². The summed E-state index contributed by atoms with van der Waals surface area (Å²) in [6.07, 6.45) is 2.24. The summed E-state index contributed by atoms with van der Waals surface area (Å²) in [4.78, 5) is 8.22. The highest BCUT2D eigenvalue weighted by Crippen LogP contribution is 2.34. The van der Waals surface area contributed by atoms with Crippen LogP contribution in [0.2, 0.25) is 0 Å². The summed E-state index contributed by atoms with van der Waals surface area (Å²) >= 11 is 0. The fourth-order valence-electron chi connectivity index (χ4n) is 4.32. The number of aromatic nitrogens is 2. The van der Waals surface area contributed by atoms with Crippen molar-refractivity contribution in [2.45, 2.75) is 12.1 Å². The van der Waals surface area contributed by atoms with Gasteiger partial charge in [-0.05, 0) is 24.3 Å². The van der Waals surface area contributed by atoms with Crippen molar-refractivity contribution in [2.75, 3.05) is 54.1 Å². The second-order valence-corrected chi connectivity index (χ2v) is 8.02. The molecular weight excluding hydrogens is 418 g/mol. The molecule has 0 amide bonds. The molecule has 3 aromatic rings. The third-order valence-electron chi connectivity index (χ3n) is 5.98. The van der Waals surface area contributed by atoms with Gasteiger partial charge in [-0.15, -0.1) is 0 Å². The first-order chi connectivity index (χ1) is 15.4. The van der Waals surface area contributed by atoms with Crippen molar-refractivity contribution in [2.24, 2.45) is 0 Å². The maximum atomic E-state index is 14.1. The summed E-state index contributed by atoms with van der Waals surface area (Å²) in [5.41, 5.74) is 8.79. The van der Waals surface area contributed by atoms with Gasteiger partial charge in [-0.25, -0.2) is 13.5 Å².